The van der Waals surface area contributed by atoms with Gasteiger partial charge in [-0.25, -0.2) is 9.37 Å². The summed E-state index contributed by atoms with van der Waals surface area (Å²) in [5.74, 6) is 0.879. The van der Waals surface area contributed by atoms with Crippen LogP contribution in [0.5, 0.6) is 5.75 Å². The minimum Gasteiger partial charge on any atom is -0.492 e. The number of nitrogens with zero attached hydrogens (tertiary/aromatic N) is 4. The molecule has 0 saturated carbocycles. The smallest absolute Gasteiger partial charge is 0.273 e. The molecule has 2 aromatic carbocycles. The van der Waals surface area contributed by atoms with Crippen LogP contribution in [0.3, 0.4) is 0 Å². The van der Waals surface area contributed by atoms with Gasteiger partial charge in [0, 0.05) is 50.6 Å². The van der Waals surface area contributed by atoms with Crippen molar-refractivity contribution in [3.63, 3.8) is 0 Å². The van der Waals surface area contributed by atoms with Gasteiger partial charge in [0.05, 0.1) is 23.7 Å². The van der Waals surface area contributed by atoms with E-state index in [1.807, 2.05) is 40.3 Å². The van der Waals surface area contributed by atoms with Gasteiger partial charge in [0.1, 0.15) is 17.3 Å². The molecular weight excluding hydrogens is 503 g/mol. The third-order valence-corrected chi connectivity index (χ3v) is 8.29. The van der Waals surface area contributed by atoms with Crippen LogP contribution in [-0.4, -0.2) is 72.5 Å². The van der Waals surface area contributed by atoms with E-state index in [-0.39, 0.29) is 30.0 Å². The summed E-state index contributed by atoms with van der Waals surface area (Å²) in [5, 5.41) is 2.85. The third-order valence-electron chi connectivity index (χ3n) is 7.28. The van der Waals surface area contributed by atoms with Crippen molar-refractivity contribution in [3.8, 4) is 5.75 Å². The maximum absolute atomic E-state index is 13.2. The number of piperidine rings is 1. The van der Waals surface area contributed by atoms with Gasteiger partial charge in [0.15, 0.2) is 0 Å². The summed E-state index contributed by atoms with van der Waals surface area (Å²) in [6.45, 7) is 6.70. The van der Waals surface area contributed by atoms with E-state index in [9.17, 15) is 14.0 Å². The molecule has 2 aliphatic heterocycles. The highest BCUT2D eigenvalue weighted by Crippen LogP contribution is 2.32. The van der Waals surface area contributed by atoms with Crippen LogP contribution in [0.2, 0.25) is 0 Å². The fourth-order valence-corrected chi connectivity index (χ4v) is 6.11. The van der Waals surface area contributed by atoms with Crippen molar-refractivity contribution in [1.29, 1.82) is 0 Å². The molecule has 200 valence electrons. The van der Waals surface area contributed by atoms with Crippen molar-refractivity contribution in [3.05, 3.63) is 76.0 Å². The Kier molecular flexibility index (Phi) is 8.22. The molecule has 9 heteroatoms. The quantitative estimate of drug-likeness (QED) is 0.442. The van der Waals surface area contributed by atoms with Crippen LogP contribution in [0.15, 0.2) is 53.9 Å². The minimum absolute atomic E-state index is 0.0165. The number of piperazine rings is 1. The molecule has 3 aromatic rings. The lowest BCUT2D eigenvalue weighted by Crippen LogP contribution is -2.49. The number of carbonyl (C=O) groups is 2. The van der Waals surface area contributed by atoms with Gasteiger partial charge in [-0.3, -0.25) is 9.59 Å². The Balaban J connectivity index is 1.12. The van der Waals surface area contributed by atoms with E-state index < -0.39 is 0 Å². The molecule has 1 aromatic heterocycles. The van der Waals surface area contributed by atoms with Crippen LogP contribution >= 0.6 is 11.3 Å². The predicted molar refractivity (Wildman–Crippen MR) is 147 cm³/mol. The number of rotatable bonds is 7. The number of halogens is 1. The number of carbonyl (C=O) groups excluding carboxylic acids is 2. The first kappa shape index (κ1) is 26.2. The molecule has 3 heterocycles. The minimum atomic E-state index is -0.297. The van der Waals surface area contributed by atoms with E-state index in [0.717, 1.165) is 47.9 Å². The molecule has 38 heavy (non-hydrogen) atoms. The maximum Gasteiger partial charge on any atom is 0.273 e. The second-order valence-electron chi connectivity index (χ2n) is 9.71. The first-order valence-electron chi connectivity index (χ1n) is 13.3. The van der Waals surface area contributed by atoms with Crippen molar-refractivity contribution in [2.45, 2.75) is 32.1 Å². The Morgan fingerprint density at radius 1 is 0.974 bits per heavy atom. The number of amides is 2. The van der Waals surface area contributed by atoms with Crippen LogP contribution in [0.1, 0.15) is 46.7 Å². The van der Waals surface area contributed by atoms with E-state index >= 15 is 0 Å². The fourth-order valence-electron chi connectivity index (χ4n) is 5.15. The Hall–Kier alpha value is -3.46. The second kappa shape index (κ2) is 11.9. The van der Waals surface area contributed by atoms with E-state index in [1.165, 1.54) is 12.1 Å². The van der Waals surface area contributed by atoms with Gasteiger partial charge in [0.25, 0.3) is 5.91 Å². The number of aromatic nitrogens is 1. The number of likely N-dealkylation sites (tertiary alicyclic amines) is 1. The molecule has 0 atom stereocenters. The number of anilines is 1. The molecule has 0 bridgehead atoms. The van der Waals surface area contributed by atoms with Crippen LogP contribution in [0.4, 0.5) is 10.1 Å². The second-order valence-corrected chi connectivity index (χ2v) is 10.6. The summed E-state index contributed by atoms with van der Waals surface area (Å²) in [4.78, 5) is 36.6. The lowest BCUT2D eigenvalue weighted by Gasteiger charge is -2.36. The molecule has 5 rings (SSSR count). The maximum atomic E-state index is 13.2. The molecule has 0 N–H and O–H groups in total. The standard InChI is InChI=1S/C29H33FN4O3S/c1-2-37-26-6-4-3-5-25(26)32-15-17-34(18-16-32)29(36)24-20-38-28(31-24)22-11-13-33(14-12-22)27(35)19-21-7-9-23(30)10-8-21/h3-10,20,22H,2,11-19H2,1H3. The zero-order chi connectivity index (χ0) is 26.5. The number of hydrogen-bond acceptors (Lipinski definition) is 6. The largest absolute Gasteiger partial charge is 0.492 e. The third kappa shape index (κ3) is 5.99. The van der Waals surface area contributed by atoms with Gasteiger partial charge < -0.3 is 19.4 Å². The summed E-state index contributed by atoms with van der Waals surface area (Å²) in [7, 11) is 0. The number of para-hydroxylation sites is 2. The number of hydrogen-bond donors (Lipinski definition) is 0. The summed E-state index contributed by atoms with van der Waals surface area (Å²) in [6, 6.07) is 14.1. The van der Waals surface area contributed by atoms with Gasteiger partial charge >= 0.3 is 0 Å². The SMILES string of the molecule is CCOc1ccccc1N1CCN(C(=O)c2csc(C3CCN(C(=O)Cc4ccc(F)cc4)CC3)n2)CC1. The molecule has 0 spiro atoms. The van der Waals surface area contributed by atoms with Crippen LogP contribution < -0.4 is 9.64 Å². The van der Waals surface area contributed by atoms with E-state index in [1.54, 1.807) is 23.5 Å². The van der Waals surface area contributed by atoms with Gasteiger partial charge in [-0.1, -0.05) is 24.3 Å². The van der Waals surface area contributed by atoms with E-state index in [2.05, 4.69) is 11.0 Å². The average molecular weight is 537 g/mol. The van der Waals surface area contributed by atoms with Gasteiger partial charge in [0.2, 0.25) is 5.91 Å². The highest BCUT2D eigenvalue weighted by molar-refractivity contribution is 7.09. The first-order valence-corrected chi connectivity index (χ1v) is 14.1. The van der Waals surface area contributed by atoms with Crippen molar-refractivity contribution in [2.75, 3.05) is 50.8 Å². The van der Waals surface area contributed by atoms with Crippen molar-refractivity contribution < 1.29 is 18.7 Å². The Bertz CT molecular complexity index is 1250. The summed E-state index contributed by atoms with van der Waals surface area (Å²) in [6.07, 6.45) is 1.94. The summed E-state index contributed by atoms with van der Waals surface area (Å²) < 4.78 is 18.9. The molecule has 2 aliphatic rings. The average Bonchev–Trinajstić information content (AvgIpc) is 3.45. The van der Waals surface area contributed by atoms with Crippen molar-refractivity contribution in [2.24, 2.45) is 0 Å². The summed E-state index contributed by atoms with van der Waals surface area (Å²) in [5.41, 5.74) is 2.41. The van der Waals surface area contributed by atoms with E-state index in [0.29, 0.717) is 38.5 Å². The molecule has 0 radical (unpaired) electrons. The Morgan fingerprint density at radius 2 is 1.68 bits per heavy atom. The van der Waals surface area contributed by atoms with Crippen LogP contribution in [0, 0.1) is 5.82 Å². The zero-order valence-corrected chi connectivity index (χ0v) is 22.5. The molecule has 7 nitrogen and oxygen atoms in total. The Labute approximate surface area is 226 Å². The lowest BCUT2D eigenvalue weighted by molar-refractivity contribution is -0.131. The summed E-state index contributed by atoms with van der Waals surface area (Å²) >= 11 is 1.54. The molecule has 2 saturated heterocycles. The molecule has 0 unspecified atom stereocenters. The monoisotopic (exact) mass is 536 g/mol. The van der Waals surface area contributed by atoms with Gasteiger partial charge in [-0.05, 0) is 49.6 Å². The lowest BCUT2D eigenvalue weighted by atomic mass is 9.97. The fraction of sp³-hybridized carbons (Fsp3) is 0.414. The molecular formula is C29H33FN4O3S. The number of benzene rings is 2. The molecule has 2 amide bonds. The van der Waals surface area contributed by atoms with Crippen LogP contribution in [0.25, 0.3) is 0 Å². The van der Waals surface area contributed by atoms with Gasteiger partial charge in [-0.15, -0.1) is 11.3 Å². The highest BCUT2D eigenvalue weighted by atomic mass is 32.1. The van der Waals surface area contributed by atoms with Gasteiger partial charge in [-0.2, -0.15) is 0 Å². The highest BCUT2D eigenvalue weighted by Gasteiger charge is 2.29. The zero-order valence-electron chi connectivity index (χ0n) is 21.6. The normalized spacial score (nSPS) is 16.5. The molecule has 2 fully saturated rings. The molecule has 0 aliphatic carbocycles. The predicted octanol–water partition coefficient (Wildman–Crippen LogP) is 4.59. The number of thiazole rings is 1. The Morgan fingerprint density at radius 3 is 2.39 bits per heavy atom. The van der Waals surface area contributed by atoms with Crippen LogP contribution in [-0.2, 0) is 11.2 Å². The number of ether oxygens (including phenoxy) is 1. The van der Waals surface area contributed by atoms with Crippen molar-refractivity contribution in [1.82, 2.24) is 14.8 Å². The van der Waals surface area contributed by atoms with E-state index in [4.69, 9.17) is 9.72 Å². The first-order chi connectivity index (χ1) is 18.5. The topological polar surface area (TPSA) is 66.0 Å². The van der Waals surface area contributed by atoms with Crippen molar-refractivity contribution >= 4 is 28.8 Å².